The highest BCUT2D eigenvalue weighted by Gasteiger charge is 2.27. The number of hydrogen-bond donors (Lipinski definition) is 0. The number of carbonyl (C=O) groups is 1. The maximum Gasteiger partial charge on any atom is 0.264 e. The first kappa shape index (κ1) is 12.3. The third-order valence-electron chi connectivity index (χ3n) is 3.00. The molecule has 0 radical (unpaired) electrons. The van der Waals surface area contributed by atoms with E-state index in [0.717, 1.165) is 10.6 Å². The zero-order valence-electron chi connectivity index (χ0n) is 10.2. The Hall–Kier alpha value is -1.79. The summed E-state index contributed by atoms with van der Waals surface area (Å²) in [5.74, 6) is 0.0622. The van der Waals surface area contributed by atoms with E-state index in [4.69, 9.17) is 4.74 Å². The number of ether oxygens (including phenoxy) is 1. The number of thiophene rings is 1. The van der Waals surface area contributed by atoms with E-state index in [2.05, 4.69) is 9.97 Å². The molecule has 1 fully saturated rings. The van der Waals surface area contributed by atoms with E-state index in [1.54, 1.807) is 18.6 Å². The molecule has 2 aromatic rings. The summed E-state index contributed by atoms with van der Waals surface area (Å²) >= 11 is 1.46. The fourth-order valence-corrected chi connectivity index (χ4v) is 2.74. The standard InChI is InChI=1S/C13H13N3O2S/c17-13(12-2-1-7-19-12)16-5-6-18-11(9-16)10-8-14-3-4-15-10/h1-4,7-8,11H,5-6,9H2. The van der Waals surface area contributed by atoms with Gasteiger partial charge in [0, 0.05) is 18.9 Å². The zero-order chi connectivity index (χ0) is 13.1. The molecule has 5 nitrogen and oxygen atoms in total. The lowest BCUT2D eigenvalue weighted by Crippen LogP contribution is -2.42. The second-order valence-electron chi connectivity index (χ2n) is 4.22. The van der Waals surface area contributed by atoms with Gasteiger partial charge in [0.25, 0.3) is 5.91 Å². The number of rotatable bonds is 2. The zero-order valence-corrected chi connectivity index (χ0v) is 11.0. The molecule has 98 valence electrons. The molecule has 0 spiro atoms. The summed E-state index contributed by atoms with van der Waals surface area (Å²) < 4.78 is 5.67. The number of nitrogens with zero attached hydrogens (tertiary/aromatic N) is 3. The fourth-order valence-electron chi connectivity index (χ4n) is 2.05. The van der Waals surface area contributed by atoms with Crippen molar-refractivity contribution >= 4 is 17.2 Å². The number of morpholine rings is 1. The lowest BCUT2D eigenvalue weighted by atomic mass is 10.2. The van der Waals surface area contributed by atoms with E-state index in [1.807, 2.05) is 22.4 Å². The Balaban J connectivity index is 1.73. The molecule has 1 aliphatic rings. The molecule has 1 atom stereocenters. The molecule has 6 heteroatoms. The van der Waals surface area contributed by atoms with Crippen LogP contribution in [0.15, 0.2) is 36.1 Å². The van der Waals surface area contributed by atoms with Crippen molar-refractivity contribution < 1.29 is 9.53 Å². The molecule has 0 aliphatic carbocycles. The minimum Gasteiger partial charge on any atom is -0.368 e. The predicted octanol–water partition coefficient (Wildman–Crippen LogP) is 1.75. The SMILES string of the molecule is O=C(c1cccs1)N1CCOC(c2cnccn2)C1. The summed E-state index contributed by atoms with van der Waals surface area (Å²) in [5.41, 5.74) is 0.770. The van der Waals surface area contributed by atoms with Crippen LogP contribution in [-0.2, 0) is 4.74 Å². The molecular weight excluding hydrogens is 262 g/mol. The van der Waals surface area contributed by atoms with Gasteiger partial charge in [-0.05, 0) is 11.4 Å². The minimum atomic E-state index is -0.189. The first-order chi connectivity index (χ1) is 9.34. The van der Waals surface area contributed by atoms with Crippen molar-refractivity contribution in [3.63, 3.8) is 0 Å². The topological polar surface area (TPSA) is 55.3 Å². The van der Waals surface area contributed by atoms with Crippen LogP contribution in [0.2, 0.25) is 0 Å². The summed E-state index contributed by atoms with van der Waals surface area (Å²) in [6.07, 6.45) is 4.76. The van der Waals surface area contributed by atoms with Crippen LogP contribution in [0.25, 0.3) is 0 Å². The van der Waals surface area contributed by atoms with Gasteiger partial charge < -0.3 is 9.64 Å². The average Bonchev–Trinajstić information content (AvgIpc) is 3.02. The highest BCUT2D eigenvalue weighted by Crippen LogP contribution is 2.22. The molecular formula is C13H13N3O2S. The van der Waals surface area contributed by atoms with Gasteiger partial charge in [-0.25, -0.2) is 0 Å². The van der Waals surface area contributed by atoms with Gasteiger partial charge in [-0.1, -0.05) is 6.07 Å². The van der Waals surface area contributed by atoms with Gasteiger partial charge in [-0.2, -0.15) is 0 Å². The van der Waals surface area contributed by atoms with Gasteiger partial charge in [-0.15, -0.1) is 11.3 Å². The predicted molar refractivity (Wildman–Crippen MR) is 70.9 cm³/mol. The van der Waals surface area contributed by atoms with Crippen molar-refractivity contribution in [2.75, 3.05) is 19.7 Å². The summed E-state index contributed by atoms with van der Waals surface area (Å²) in [6, 6.07) is 3.73. The maximum absolute atomic E-state index is 12.3. The van der Waals surface area contributed by atoms with Gasteiger partial charge in [-0.3, -0.25) is 14.8 Å². The van der Waals surface area contributed by atoms with Crippen LogP contribution in [0, 0.1) is 0 Å². The molecule has 0 aromatic carbocycles. The summed E-state index contributed by atoms with van der Waals surface area (Å²) in [6.45, 7) is 1.67. The Morgan fingerprint density at radius 2 is 2.42 bits per heavy atom. The molecule has 0 N–H and O–H groups in total. The van der Waals surface area contributed by atoms with Gasteiger partial charge >= 0.3 is 0 Å². The van der Waals surface area contributed by atoms with Crippen molar-refractivity contribution in [1.82, 2.24) is 14.9 Å². The van der Waals surface area contributed by atoms with Gasteiger partial charge in [0.05, 0.1) is 29.9 Å². The Morgan fingerprint density at radius 1 is 1.47 bits per heavy atom. The molecule has 3 heterocycles. The Morgan fingerprint density at radius 3 is 3.16 bits per heavy atom. The van der Waals surface area contributed by atoms with Crippen LogP contribution in [0.3, 0.4) is 0 Å². The van der Waals surface area contributed by atoms with Crippen LogP contribution in [0.4, 0.5) is 0 Å². The highest BCUT2D eigenvalue weighted by atomic mass is 32.1. The van der Waals surface area contributed by atoms with E-state index < -0.39 is 0 Å². The summed E-state index contributed by atoms with van der Waals surface area (Å²) in [7, 11) is 0. The molecule has 1 amide bonds. The van der Waals surface area contributed by atoms with Crippen LogP contribution in [-0.4, -0.2) is 40.5 Å². The smallest absolute Gasteiger partial charge is 0.264 e. The normalized spacial score (nSPS) is 19.4. The van der Waals surface area contributed by atoms with Crippen molar-refractivity contribution in [3.8, 4) is 0 Å². The van der Waals surface area contributed by atoms with Crippen LogP contribution < -0.4 is 0 Å². The van der Waals surface area contributed by atoms with E-state index >= 15 is 0 Å². The average molecular weight is 275 g/mol. The Labute approximate surface area is 114 Å². The molecule has 0 bridgehead atoms. The molecule has 0 saturated carbocycles. The molecule has 2 aromatic heterocycles. The van der Waals surface area contributed by atoms with Crippen molar-refractivity contribution in [3.05, 3.63) is 46.7 Å². The fraction of sp³-hybridized carbons (Fsp3) is 0.308. The third-order valence-corrected chi connectivity index (χ3v) is 3.86. The summed E-state index contributed by atoms with van der Waals surface area (Å²) in [5, 5.41) is 1.91. The number of amides is 1. The lowest BCUT2D eigenvalue weighted by molar-refractivity contribution is -0.0247. The molecule has 19 heavy (non-hydrogen) atoms. The Kier molecular flexibility index (Phi) is 3.52. The van der Waals surface area contributed by atoms with Crippen molar-refractivity contribution in [1.29, 1.82) is 0 Å². The molecule has 3 rings (SSSR count). The number of aromatic nitrogens is 2. The largest absolute Gasteiger partial charge is 0.368 e. The summed E-state index contributed by atoms with van der Waals surface area (Å²) in [4.78, 5) is 23.1. The minimum absolute atomic E-state index is 0.0622. The van der Waals surface area contributed by atoms with Crippen LogP contribution in [0.5, 0.6) is 0 Å². The third kappa shape index (κ3) is 2.64. The number of hydrogen-bond acceptors (Lipinski definition) is 5. The van der Waals surface area contributed by atoms with Gasteiger partial charge in [0.15, 0.2) is 0 Å². The van der Waals surface area contributed by atoms with Crippen LogP contribution >= 0.6 is 11.3 Å². The second kappa shape index (κ2) is 5.46. The van der Waals surface area contributed by atoms with E-state index in [0.29, 0.717) is 19.7 Å². The lowest BCUT2D eigenvalue weighted by Gasteiger charge is -2.32. The molecule has 1 unspecified atom stereocenters. The monoisotopic (exact) mass is 275 g/mol. The first-order valence-corrected chi connectivity index (χ1v) is 6.93. The highest BCUT2D eigenvalue weighted by molar-refractivity contribution is 7.12. The van der Waals surface area contributed by atoms with E-state index in [1.165, 1.54) is 11.3 Å². The number of carbonyl (C=O) groups excluding carboxylic acids is 1. The molecule has 1 aliphatic heterocycles. The second-order valence-corrected chi connectivity index (χ2v) is 5.17. The first-order valence-electron chi connectivity index (χ1n) is 6.05. The van der Waals surface area contributed by atoms with Gasteiger partial charge in [0.2, 0.25) is 0 Å². The Bertz CT molecular complexity index is 544. The molecule has 1 saturated heterocycles. The van der Waals surface area contributed by atoms with Crippen LogP contribution in [0.1, 0.15) is 21.5 Å². The van der Waals surface area contributed by atoms with E-state index in [-0.39, 0.29) is 12.0 Å². The van der Waals surface area contributed by atoms with Crippen molar-refractivity contribution in [2.24, 2.45) is 0 Å². The van der Waals surface area contributed by atoms with E-state index in [9.17, 15) is 4.79 Å². The van der Waals surface area contributed by atoms with Gasteiger partial charge in [0.1, 0.15) is 6.10 Å². The quantitative estimate of drug-likeness (QED) is 0.838. The maximum atomic E-state index is 12.3. The van der Waals surface area contributed by atoms with Crippen molar-refractivity contribution in [2.45, 2.75) is 6.10 Å².